The molecule has 2 rings (SSSR count). The maximum atomic E-state index is 9.01. The molecule has 0 aliphatic heterocycles. The lowest BCUT2D eigenvalue weighted by atomic mass is 9.87. The first-order chi connectivity index (χ1) is 7.11. The van der Waals surface area contributed by atoms with Gasteiger partial charge in [-0.25, -0.2) is 9.50 Å². The monoisotopic (exact) mass is 205 g/mol. The van der Waals surface area contributed by atoms with Crippen molar-refractivity contribution in [1.82, 2.24) is 14.6 Å². The average Bonchev–Trinajstić information content (AvgIpc) is 2.59. The van der Waals surface area contributed by atoms with Gasteiger partial charge in [-0.05, 0) is 19.4 Å². The van der Waals surface area contributed by atoms with Gasteiger partial charge >= 0.3 is 7.12 Å². The van der Waals surface area contributed by atoms with E-state index in [1.807, 2.05) is 19.9 Å². The molecule has 0 aliphatic rings. The Morgan fingerprint density at radius 1 is 1.40 bits per heavy atom. The van der Waals surface area contributed by atoms with E-state index < -0.39 is 7.12 Å². The van der Waals surface area contributed by atoms with E-state index in [2.05, 4.69) is 10.1 Å². The van der Waals surface area contributed by atoms with Gasteiger partial charge in [0.15, 0.2) is 5.65 Å². The minimum atomic E-state index is -1.54. The molecule has 0 unspecified atom stereocenters. The van der Waals surface area contributed by atoms with E-state index in [0.29, 0.717) is 5.65 Å². The van der Waals surface area contributed by atoms with Gasteiger partial charge in [0.1, 0.15) is 0 Å². The first-order valence-electron chi connectivity index (χ1n) is 4.84. The van der Waals surface area contributed by atoms with E-state index in [0.717, 1.165) is 17.8 Å². The van der Waals surface area contributed by atoms with Gasteiger partial charge in [0.25, 0.3) is 0 Å². The maximum absolute atomic E-state index is 9.01. The van der Waals surface area contributed by atoms with Crippen LogP contribution in [0.1, 0.15) is 18.3 Å². The van der Waals surface area contributed by atoms with E-state index in [1.54, 1.807) is 10.6 Å². The highest BCUT2D eigenvalue weighted by atomic mass is 16.4. The Morgan fingerprint density at radius 2 is 2.13 bits per heavy atom. The molecular weight excluding hydrogens is 193 g/mol. The highest BCUT2D eigenvalue weighted by molar-refractivity contribution is 6.57. The molecule has 78 valence electrons. The van der Waals surface area contributed by atoms with Crippen LogP contribution in [0, 0.1) is 6.92 Å². The molecule has 2 aromatic heterocycles. The smallest absolute Gasteiger partial charge is 0.422 e. The third kappa shape index (κ3) is 1.73. The molecule has 0 fully saturated rings. The number of aromatic nitrogens is 3. The Morgan fingerprint density at radius 3 is 2.73 bits per heavy atom. The van der Waals surface area contributed by atoms with E-state index >= 15 is 0 Å². The number of aryl methyl sites for hydroxylation is 2. The highest BCUT2D eigenvalue weighted by Gasteiger charge is 2.17. The lowest BCUT2D eigenvalue weighted by Crippen LogP contribution is -2.31. The van der Waals surface area contributed by atoms with Crippen LogP contribution in [-0.2, 0) is 6.42 Å². The lowest BCUT2D eigenvalue weighted by Gasteiger charge is -2.02. The molecule has 15 heavy (non-hydrogen) atoms. The van der Waals surface area contributed by atoms with Crippen LogP contribution in [-0.4, -0.2) is 31.8 Å². The molecule has 5 nitrogen and oxygen atoms in total. The van der Waals surface area contributed by atoms with Gasteiger partial charge in [-0.3, -0.25) is 0 Å². The van der Waals surface area contributed by atoms with Crippen molar-refractivity contribution in [2.75, 3.05) is 0 Å². The van der Waals surface area contributed by atoms with Crippen molar-refractivity contribution < 1.29 is 10.0 Å². The summed E-state index contributed by atoms with van der Waals surface area (Å²) in [6, 6.07) is 3.52. The van der Waals surface area contributed by atoms with Crippen molar-refractivity contribution in [3.05, 3.63) is 23.5 Å². The number of hydrogen-bond donors (Lipinski definition) is 2. The van der Waals surface area contributed by atoms with Crippen LogP contribution in [0.4, 0.5) is 0 Å². The summed E-state index contributed by atoms with van der Waals surface area (Å²) in [6.07, 6.45) is 0.822. The van der Waals surface area contributed by atoms with Crippen molar-refractivity contribution in [3.8, 4) is 0 Å². The normalized spacial score (nSPS) is 10.9. The number of nitrogens with zero attached hydrogens (tertiary/aromatic N) is 3. The molecule has 0 spiro atoms. The predicted molar refractivity (Wildman–Crippen MR) is 56.9 cm³/mol. The van der Waals surface area contributed by atoms with Gasteiger partial charge in [-0.2, -0.15) is 5.10 Å². The Kier molecular flexibility index (Phi) is 2.46. The molecule has 2 heterocycles. The van der Waals surface area contributed by atoms with Gasteiger partial charge in [0, 0.05) is 17.5 Å². The summed E-state index contributed by atoms with van der Waals surface area (Å²) in [7, 11) is -1.54. The second kappa shape index (κ2) is 3.64. The minimum absolute atomic E-state index is 0.225. The molecule has 2 aromatic rings. The van der Waals surface area contributed by atoms with Gasteiger partial charge in [0.05, 0.1) is 5.59 Å². The Hall–Kier alpha value is -1.40. The Bertz CT molecular complexity index is 495. The highest BCUT2D eigenvalue weighted by Crippen LogP contribution is 2.06. The quantitative estimate of drug-likeness (QED) is 0.634. The topological polar surface area (TPSA) is 70.7 Å². The van der Waals surface area contributed by atoms with Crippen LogP contribution in [0.25, 0.3) is 5.65 Å². The summed E-state index contributed by atoms with van der Waals surface area (Å²) >= 11 is 0. The lowest BCUT2D eigenvalue weighted by molar-refractivity contribution is 0.424. The molecule has 0 saturated carbocycles. The van der Waals surface area contributed by atoms with Crippen molar-refractivity contribution in [1.29, 1.82) is 0 Å². The molecule has 2 N–H and O–H groups in total. The molecule has 0 atom stereocenters. The van der Waals surface area contributed by atoms with Crippen LogP contribution in [0.3, 0.4) is 0 Å². The summed E-state index contributed by atoms with van der Waals surface area (Å²) in [5.41, 5.74) is 2.78. The van der Waals surface area contributed by atoms with Gasteiger partial charge in [-0.1, -0.05) is 6.92 Å². The fraction of sp³-hybridized carbons (Fsp3) is 0.333. The fourth-order valence-corrected chi connectivity index (χ4v) is 1.57. The summed E-state index contributed by atoms with van der Waals surface area (Å²) in [4.78, 5) is 4.27. The SMILES string of the molecule is CCc1cc(C)nc2cc(B(O)O)nn12. The van der Waals surface area contributed by atoms with Gasteiger partial charge < -0.3 is 10.0 Å². The summed E-state index contributed by atoms with van der Waals surface area (Å²) in [5, 5.41) is 22.1. The van der Waals surface area contributed by atoms with Crippen LogP contribution in [0.15, 0.2) is 12.1 Å². The molecule has 0 radical (unpaired) electrons. The molecular formula is C9H12BN3O2. The zero-order chi connectivity index (χ0) is 11.0. The van der Waals surface area contributed by atoms with Gasteiger partial charge in [-0.15, -0.1) is 0 Å². The van der Waals surface area contributed by atoms with Crippen molar-refractivity contribution >= 4 is 18.4 Å². The maximum Gasteiger partial charge on any atom is 0.510 e. The van der Waals surface area contributed by atoms with E-state index in [9.17, 15) is 0 Å². The van der Waals surface area contributed by atoms with E-state index in [4.69, 9.17) is 10.0 Å². The largest absolute Gasteiger partial charge is 0.510 e. The molecule has 0 aliphatic carbocycles. The summed E-state index contributed by atoms with van der Waals surface area (Å²) in [6.45, 7) is 3.92. The third-order valence-corrected chi connectivity index (χ3v) is 2.27. The summed E-state index contributed by atoms with van der Waals surface area (Å²) in [5.74, 6) is 0. The second-order valence-corrected chi connectivity index (χ2v) is 3.46. The number of hydrogen-bond acceptors (Lipinski definition) is 4. The fourth-order valence-electron chi connectivity index (χ4n) is 1.57. The second-order valence-electron chi connectivity index (χ2n) is 3.46. The van der Waals surface area contributed by atoms with Crippen LogP contribution in [0.2, 0.25) is 0 Å². The van der Waals surface area contributed by atoms with Crippen LogP contribution >= 0.6 is 0 Å². The minimum Gasteiger partial charge on any atom is -0.422 e. The molecule has 0 amide bonds. The van der Waals surface area contributed by atoms with Crippen molar-refractivity contribution in [3.63, 3.8) is 0 Å². The standard InChI is InChI=1S/C9H12BN3O2/c1-3-7-4-6(2)11-9-5-8(10(14)15)12-13(7)9/h4-5,14-15H,3H2,1-2H3. The summed E-state index contributed by atoms with van der Waals surface area (Å²) < 4.78 is 1.64. The first kappa shape index (κ1) is 10.1. The zero-order valence-electron chi connectivity index (χ0n) is 8.68. The Balaban J connectivity index is 2.68. The van der Waals surface area contributed by atoms with Crippen LogP contribution in [0.5, 0.6) is 0 Å². The molecule has 0 aromatic carbocycles. The number of rotatable bonds is 2. The Labute approximate surface area is 87.5 Å². The predicted octanol–water partition coefficient (Wildman–Crippen LogP) is -0.720. The van der Waals surface area contributed by atoms with E-state index in [-0.39, 0.29) is 5.59 Å². The molecule has 0 saturated heterocycles. The first-order valence-corrected chi connectivity index (χ1v) is 4.84. The number of fused-ring (bicyclic) bond motifs is 1. The average molecular weight is 205 g/mol. The van der Waals surface area contributed by atoms with Gasteiger partial charge in [0.2, 0.25) is 0 Å². The van der Waals surface area contributed by atoms with Crippen molar-refractivity contribution in [2.24, 2.45) is 0 Å². The molecule has 6 heteroatoms. The van der Waals surface area contributed by atoms with E-state index in [1.165, 1.54) is 0 Å². The third-order valence-electron chi connectivity index (χ3n) is 2.27. The van der Waals surface area contributed by atoms with Crippen molar-refractivity contribution in [2.45, 2.75) is 20.3 Å². The zero-order valence-corrected chi connectivity index (χ0v) is 8.68. The molecule has 0 bridgehead atoms. The van der Waals surface area contributed by atoms with Crippen LogP contribution < -0.4 is 5.59 Å².